The first kappa shape index (κ1) is 17.5. The highest BCUT2D eigenvalue weighted by atomic mass is 35.5. The van der Waals surface area contributed by atoms with E-state index in [2.05, 4.69) is 11.4 Å². The van der Waals surface area contributed by atoms with Gasteiger partial charge in [-0.15, -0.1) is 12.4 Å². The van der Waals surface area contributed by atoms with Crippen LogP contribution in [0, 0.1) is 23.2 Å². The first-order valence-corrected chi connectivity index (χ1v) is 8.16. The van der Waals surface area contributed by atoms with E-state index >= 15 is 0 Å². The van der Waals surface area contributed by atoms with Crippen LogP contribution in [-0.2, 0) is 9.53 Å². The maximum atomic E-state index is 12.2. The van der Waals surface area contributed by atoms with E-state index in [1.807, 2.05) is 7.11 Å². The second kappa shape index (κ2) is 7.63. The van der Waals surface area contributed by atoms with Gasteiger partial charge in [0.2, 0.25) is 5.91 Å². The number of carbonyl (C=O) groups is 1. The molecule has 5 nitrogen and oxygen atoms in total. The van der Waals surface area contributed by atoms with Crippen LogP contribution in [-0.4, -0.2) is 49.2 Å². The molecule has 1 heterocycles. The van der Waals surface area contributed by atoms with Crippen LogP contribution in [0.4, 0.5) is 0 Å². The lowest BCUT2D eigenvalue weighted by Crippen LogP contribution is -2.43. The van der Waals surface area contributed by atoms with Crippen LogP contribution in [0.5, 0.6) is 0 Å². The second-order valence-electron chi connectivity index (χ2n) is 6.77. The normalized spacial score (nSPS) is 36.7. The zero-order valence-corrected chi connectivity index (χ0v) is 14.0. The Morgan fingerprint density at radius 1 is 1.32 bits per heavy atom. The molecule has 0 aromatic carbocycles. The van der Waals surface area contributed by atoms with Gasteiger partial charge in [-0.05, 0) is 50.4 Å². The summed E-state index contributed by atoms with van der Waals surface area (Å²) in [7, 11) is 1.81. The van der Waals surface area contributed by atoms with Crippen LogP contribution in [0.25, 0.3) is 0 Å². The van der Waals surface area contributed by atoms with Crippen molar-refractivity contribution >= 4 is 18.3 Å². The SMILES string of the molecule is COC1C[C@H]2CC(NCC(=O)N3CCC[C@H]3C#N)C[C@H]2C1.Cl. The van der Waals surface area contributed by atoms with E-state index in [0.29, 0.717) is 18.7 Å². The third-order valence-electron chi connectivity index (χ3n) is 5.57. The number of halogens is 1. The standard InChI is InChI=1S/C16H25N3O2.ClH/c1-21-15-7-11-5-13(6-12(11)8-15)18-10-16(20)19-4-2-3-14(19)9-17;/h11-15,18H,2-8,10H2,1H3;1H/t11-,12+,13?,14-,15?;/m0./s1. The number of nitriles is 1. The van der Waals surface area contributed by atoms with Crippen molar-refractivity contribution in [3.8, 4) is 6.07 Å². The molecule has 0 spiro atoms. The van der Waals surface area contributed by atoms with Gasteiger partial charge >= 0.3 is 0 Å². The van der Waals surface area contributed by atoms with Gasteiger partial charge < -0.3 is 15.0 Å². The summed E-state index contributed by atoms with van der Waals surface area (Å²) in [6, 6.07) is 2.49. The Morgan fingerprint density at radius 3 is 2.59 bits per heavy atom. The summed E-state index contributed by atoms with van der Waals surface area (Å²) in [5.74, 6) is 1.62. The lowest BCUT2D eigenvalue weighted by atomic mass is 10.0. The van der Waals surface area contributed by atoms with Gasteiger partial charge in [0.05, 0.1) is 18.7 Å². The molecule has 3 fully saturated rings. The smallest absolute Gasteiger partial charge is 0.237 e. The summed E-state index contributed by atoms with van der Waals surface area (Å²) < 4.78 is 5.46. The number of ether oxygens (including phenoxy) is 1. The lowest BCUT2D eigenvalue weighted by molar-refractivity contribution is -0.130. The predicted octanol–water partition coefficient (Wildman–Crippen LogP) is 1.72. The number of fused-ring (bicyclic) bond motifs is 1. The maximum absolute atomic E-state index is 12.2. The third-order valence-corrected chi connectivity index (χ3v) is 5.57. The average Bonchev–Trinajstić information content (AvgIpc) is 3.17. The van der Waals surface area contributed by atoms with Crippen LogP contribution in [0.2, 0.25) is 0 Å². The van der Waals surface area contributed by atoms with Crippen molar-refractivity contribution in [3.05, 3.63) is 0 Å². The zero-order chi connectivity index (χ0) is 14.8. The Kier molecular flexibility index (Phi) is 6.08. The van der Waals surface area contributed by atoms with Gasteiger partial charge in [-0.1, -0.05) is 0 Å². The van der Waals surface area contributed by atoms with Gasteiger partial charge in [-0.3, -0.25) is 4.79 Å². The average molecular weight is 328 g/mol. The molecule has 6 heteroatoms. The summed E-state index contributed by atoms with van der Waals surface area (Å²) in [6.45, 7) is 1.13. The minimum atomic E-state index is -0.204. The highest BCUT2D eigenvalue weighted by molar-refractivity contribution is 5.85. The third kappa shape index (κ3) is 3.56. The number of carbonyl (C=O) groups excluding carboxylic acids is 1. The van der Waals surface area contributed by atoms with E-state index in [1.165, 1.54) is 25.7 Å². The molecule has 2 saturated carbocycles. The Labute approximate surface area is 138 Å². The fraction of sp³-hybridized carbons (Fsp3) is 0.875. The molecule has 0 bridgehead atoms. The number of hydrogen-bond acceptors (Lipinski definition) is 4. The summed E-state index contributed by atoms with van der Waals surface area (Å²) in [4.78, 5) is 13.9. The molecule has 5 atom stereocenters. The fourth-order valence-electron chi connectivity index (χ4n) is 4.45. The molecule has 2 aliphatic carbocycles. The summed E-state index contributed by atoms with van der Waals surface area (Å²) in [6.07, 6.45) is 6.92. The molecule has 1 saturated heterocycles. The van der Waals surface area contributed by atoms with Gasteiger partial charge in [0.1, 0.15) is 6.04 Å². The molecular weight excluding hydrogens is 302 g/mol. The lowest BCUT2D eigenvalue weighted by Gasteiger charge is -2.21. The highest BCUT2D eigenvalue weighted by Crippen LogP contribution is 2.44. The molecule has 1 N–H and O–H groups in total. The van der Waals surface area contributed by atoms with Gasteiger partial charge in [-0.2, -0.15) is 5.26 Å². The summed E-state index contributed by atoms with van der Waals surface area (Å²) >= 11 is 0. The molecule has 2 unspecified atom stereocenters. The van der Waals surface area contributed by atoms with E-state index in [0.717, 1.165) is 31.2 Å². The van der Waals surface area contributed by atoms with Crippen LogP contribution >= 0.6 is 12.4 Å². The Balaban J connectivity index is 0.00000176. The fourth-order valence-corrected chi connectivity index (χ4v) is 4.45. The molecule has 3 aliphatic rings. The van der Waals surface area contributed by atoms with Crippen LogP contribution in [0.3, 0.4) is 0 Å². The van der Waals surface area contributed by atoms with Gasteiger partial charge in [0, 0.05) is 19.7 Å². The quantitative estimate of drug-likeness (QED) is 0.853. The Hall–Kier alpha value is -0.830. The first-order chi connectivity index (χ1) is 10.2. The Morgan fingerprint density at radius 2 is 2.00 bits per heavy atom. The minimum absolute atomic E-state index is 0. The van der Waals surface area contributed by atoms with E-state index in [1.54, 1.807) is 4.90 Å². The number of nitrogens with one attached hydrogen (secondary N) is 1. The number of nitrogens with zero attached hydrogens (tertiary/aromatic N) is 2. The van der Waals surface area contributed by atoms with Crippen molar-refractivity contribution < 1.29 is 9.53 Å². The first-order valence-electron chi connectivity index (χ1n) is 8.16. The molecule has 0 radical (unpaired) electrons. The number of rotatable bonds is 4. The maximum Gasteiger partial charge on any atom is 0.237 e. The molecule has 124 valence electrons. The molecule has 0 aromatic rings. The zero-order valence-electron chi connectivity index (χ0n) is 13.2. The van der Waals surface area contributed by atoms with Crippen LogP contribution in [0.1, 0.15) is 38.5 Å². The Bertz CT molecular complexity index is 426. The van der Waals surface area contributed by atoms with E-state index in [-0.39, 0.29) is 24.4 Å². The molecule has 22 heavy (non-hydrogen) atoms. The summed E-state index contributed by atoms with van der Waals surface area (Å²) in [5.41, 5.74) is 0. The van der Waals surface area contributed by atoms with Crippen molar-refractivity contribution in [2.45, 2.75) is 56.7 Å². The van der Waals surface area contributed by atoms with Gasteiger partial charge in [0.25, 0.3) is 0 Å². The van der Waals surface area contributed by atoms with Crippen molar-refractivity contribution in [3.63, 3.8) is 0 Å². The van der Waals surface area contributed by atoms with Crippen molar-refractivity contribution in [1.29, 1.82) is 5.26 Å². The number of methoxy groups -OCH3 is 1. The molecule has 1 amide bonds. The van der Waals surface area contributed by atoms with Crippen molar-refractivity contribution in [2.24, 2.45) is 11.8 Å². The number of likely N-dealkylation sites (tertiary alicyclic amines) is 1. The van der Waals surface area contributed by atoms with E-state index in [4.69, 9.17) is 10.00 Å². The minimum Gasteiger partial charge on any atom is -0.381 e. The molecule has 3 rings (SSSR count). The van der Waals surface area contributed by atoms with E-state index in [9.17, 15) is 4.79 Å². The monoisotopic (exact) mass is 327 g/mol. The van der Waals surface area contributed by atoms with Crippen molar-refractivity contribution in [1.82, 2.24) is 10.2 Å². The topological polar surface area (TPSA) is 65.4 Å². The number of amides is 1. The summed E-state index contributed by atoms with van der Waals surface area (Å²) in [5, 5.41) is 12.5. The predicted molar refractivity (Wildman–Crippen MR) is 85.6 cm³/mol. The van der Waals surface area contributed by atoms with Crippen LogP contribution < -0.4 is 5.32 Å². The number of hydrogen-bond donors (Lipinski definition) is 1. The largest absolute Gasteiger partial charge is 0.381 e. The van der Waals surface area contributed by atoms with Crippen molar-refractivity contribution in [2.75, 3.05) is 20.2 Å². The van der Waals surface area contributed by atoms with Crippen LogP contribution in [0.15, 0.2) is 0 Å². The van der Waals surface area contributed by atoms with E-state index < -0.39 is 0 Å². The second-order valence-corrected chi connectivity index (χ2v) is 6.77. The molecular formula is C16H26ClN3O2. The molecule has 0 aromatic heterocycles. The van der Waals surface area contributed by atoms with Gasteiger partial charge in [-0.25, -0.2) is 0 Å². The van der Waals surface area contributed by atoms with Gasteiger partial charge in [0.15, 0.2) is 0 Å². The highest BCUT2D eigenvalue weighted by Gasteiger charge is 2.41. The molecule has 1 aliphatic heterocycles.